The molecule has 2 aliphatic carbocycles. The molecule has 0 aliphatic heterocycles. The normalized spacial score (nSPS) is 19.7. The molecule has 2 aromatic rings. The van der Waals surface area contributed by atoms with Crippen molar-refractivity contribution in [1.29, 1.82) is 0 Å². The molecule has 34 heavy (non-hydrogen) atoms. The number of hydrogen-bond acceptors (Lipinski definition) is 2. The Morgan fingerprint density at radius 2 is 0.941 bits per heavy atom. The fourth-order valence-corrected chi connectivity index (χ4v) is 5.85. The Labute approximate surface area is 205 Å². The van der Waals surface area contributed by atoms with Crippen LogP contribution in [-0.4, -0.2) is 11.6 Å². The highest BCUT2D eigenvalue weighted by atomic mass is 16.1. The van der Waals surface area contributed by atoms with Crippen molar-refractivity contribution in [3.63, 3.8) is 0 Å². The van der Waals surface area contributed by atoms with Gasteiger partial charge in [0.15, 0.2) is 11.6 Å². The second-order valence-corrected chi connectivity index (χ2v) is 10.0. The average Bonchev–Trinajstić information content (AvgIpc) is 2.88. The lowest BCUT2D eigenvalue weighted by Gasteiger charge is -2.30. The van der Waals surface area contributed by atoms with Gasteiger partial charge in [-0.15, -0.1) is 0 Å². The molecule has 2 aliphatic rings. The summed E-state index contributed by atoms with van der Waals surface area (Å²) >= 11 is 0. The lowest BCUT2D eigenvalue weighted by Crippen LogP contribution is -2.25. The predicted molar refractivity (Wildman–Crippen MR) is 141 cm³/mol. The molecule has 2 nitrogen and oxygen atoms in total. The Hall–Kier alpha value is -2.74. The number of carbonyl (C=O) groups is 2. The minimum Gasteiger partial charge on any atom is -0.289 e. The molecule has 178 valence electrons. The lowest BCUT2D eigenvalue weighted by molar-refractivity contribution is 0.0991. The number of allylic oxidation sites excluding steroid dienone is 4. The van der Waals surface area contributed by atoms with Crippen molar-refractivity contribution in [2.45, 2.75) is 78.1 Å². The van der Waals surface area contributed by atoms with Gasteiger partial charge in [0, 0.05) is 34.1 Å². The first-order valence-electron chi connectivity index (χ1n) is 13.2. The first-order chi connectivity index (χ1) is 16.5. The lowest BCUT2D eigenvalue weighted by atomic mass is 9.72. The number of fused-ring (bicyclic) bond motifs is 2. The van der Waals surface area contributed by atoms with Crippen LogP contribution in [0, 0.1) is 11.8 Å². The van der Waals surface area contributed by atoms with Gasteiger partial charge in [0.2, 0.25) is 0 Å². The molecule has 0 bridgehead atoms. The minimum absolute atomic E-state index is 0.00309. The third-order valence-electron chi connectivity index (χ3n) is 8.21. The molecule has 0 radical (unpaired) electrons. The van der Waals surface area contributed by atoms with Crippen LogP contribution >= 0.6 is 0 Å². The van der Waals surface area contributed by atoms with Gasteiger partial charge in [-0.25, -0.2) is 0 Å². The topological polar surface area (TPSA) is 34.1 Å². The van der Waals surface area contributed by atoms with E-state index >= 15 is 0 Å². The number of benzene rings is 2. The van der Waals surface area contributed by atoms with Crippen molar-refractivity contribution < 1.29 is 9.59 Å². The van der Waals surface area contributed by atoms with E-state index in [0.29, 0.717) is 23.0 Å². The summed E-state index contributed by atoms with van der Waals surface area (Å²) in [6.45, 7) is 8.97. The fourth-order valence-electron chi connectivity index (χ4n) is 5.85. The van der Waals surface area contributed by atoms with Crippen molar-refractivity contribution >= 4 is 11.6 Å². The molecule has 0 aromatic heterocycles. The summed E-state index contributed by atoms with van der Waals surface area (Å²) < 4.78 is 0. The first-order valence-corrected chi connectivity index (χ1v) is 13.2. The third-order valence-corrected chi connectivity index (χ3v) is 8.21. The van der Waals surface area contributed by atoms with Crippen molar-refractivity contribution in [1.82, 2.24) is 0 Å². The quantitative estimate of drug-likeness (QED) is 0.381. The minimum atomic E-state index is -0.00309. The monoisotopic (exact) mass is 454 g/mol. The van der Waals surface area contributed by atoms with E-state index in [4.69, 9.17) is 0 Å². The SMILES string of the molecule is CCC(CC)CC1C=C(C2=CC(CC(CC)CC)c3ccccc3C2=O)C(=O)c2ccccc21. The van der Waals surface area contributed by atoms with E-state index in [1.54, 1.807) is 0 Å². The largest absolute Gasteiger partial charge is 0.289 e. The van der Waals surface area contributed by atoms with Crippen molar-refractivity contribution in [3.8, 4) is 0 Å². The zero-order valence-electron chi connectivity index (χ0n) is 21.1. The van der Waals surface area contributed by atoms with Gasteiger partial charge >= 0.3 is 0 Å². The second-order valence-electron chi connectivity index (χ2n) is 10.0. The highest BCUT2D eigenvalue weighted by Crippen LogP contribution is 2.42. The molecule has 4 rings (SSSR count). The maximum atomic E-state index is 13.7. The van der Waals surface area contributed by atoms with Crippen LogP contribution in [0.5, 0.6) is 0 Å². The molecule has 0 fully saturated rings. The molecule has 0 saturated heterocycles. The molecule has 0 spiro atoms. The zero-order chi connectivity index (χ0) is 24.2. The molecular formula is C32H38O2. The molecule has 0 N–H and O–H groups in total. The van der Waals surface area contributed by atoms with E-state index in [1.807, 2.05) is 36.4 Å². The first kappa shape index (κ1) is 24.4. The Bertz CT molecular complexity index is 1020. The summed E-state index contributed by atoms with van der Waals surface area (Å²) in [6.07, 6.45) is 10.8. The van der Waals surface area contributed by atoms with Crippen LogP contribution in [-0.2, 0) is 0 Å². The number of rotatable bonds is 9. The second kappa shape index (κ2) is 10.7. The van der Waals surface area contributed by atoms with Crippen LogP contribution in [0.3, 0.4) is 0 Å². The van der Waals surface area contributed by atoms with Crippen LogP contribution in [0.15, 0.2) is 71.8 Å². The highest BCUT2D eigenvalue weighted by Gasteiger charge is 2.35. The van der Waals surface area contributed by atoms with Gasteiger partial charge in [-0.05, 0) is 35.8 Å². The molecule has 2 atom stereocenters. The molecule has 2 aromatic carbocycles. The molecule has 0 amide bonds. The Morgan fingerprint density at radius 1 is 0.588 bits per heavy atom. The third kappa shape index (κ3) is 4.60. The summed E-state index contributed by atoms with van der Waals surface area (Å²) in [6, 6.07) is 16.0. The van der Waals surface area contributed by atoms with Crippen LogP contribution in [0.25, 0.3) is 0 Å². The van der Waals surface area contributed by atoms with Crippen molar-refractivity contribution in [3.05, 3.63) is 94.1 Å². The van der Waals surface area contributed by atoms with Gasteiger partial charge in [-0.1, -0.05) is 114 Å². The van der Waals surface area contributed by atoms with Crippen LogP contribution in [0.1, 0.15) is 110 Å². The van der Waals surface area contributed by atoms with Gasteiger partial charge in [0.1, 0.15) is 0 Å². The van der Waals surface area contributed by atoms with Gasteiger partial charge in [-0.3, -0.25) is 9.59 Å². The van der Waals surface area contributed by atoms with Crippen molar-refractivity contribution in [2.24, 2.45) is 11.8 Å². The molecule has 0 saturated carbocycles. The smallest absolute Gasteiger partial charge is 0.193 e. The summed E-state index contributed by atoms with van der Waals surface area (Å²) in [5, 5.41) is 0. The van der Waals surface area contributed by atoms with Gasteiger partial charge < -0.3 is 0 Å². The zero-order valence-corrected chi connectivity index (χ0v) is 21.1. The standard InChI is InChI=1S/C32H38O2/c1-5-21(6-2)17-23-19-29(31(33)27-15-11-9-13-25(23)27)30-20-24(18-22(7-3)8-4)26-14-10-12-16-28(26)32(30)34/h9-16,19-24H,5-8,17-18H2,1-4H3. The maximum Gasteiger partial charge on any atom is 0.193 e. The number of carbonyl (C=O) groups excluding carboxylic acids is 2. The van der Waals surface area contributed by atoms with Crippen LogP contribution in [0.4, 0.5) is 0 Å². The molecule has 2 heteroatoms. The molecule has 2 unspecified atom stereocenters. The summed E-state index contributed by atoms with van der Waals surface area (Å²) in [5.74, 6) is 1.52. The van der Waals surface area contributed by atoms with Crippen molar-refractivity contribution in [2.75, 3.05) is 0 Å². The number of hydrogen-bond donors (Lipinski definition) is 0. The predicted octanol–water partition coefficient (Wildman–Crippen LogP) is 8.45. The Morgan fingerprint density at radius 3 is 1.29 bits per heavy atom. The van der Waals surface area contributed by atoms with Gasteiger partial charge in [-0.2, -0.15) is 0 Å². The number of Topliss-reactive ketones (excluding diaryl/α,β-unsaturated/α-hetero) is 2. The Kier molecular flexibility index (Phi) is 7.66. The van der Waals surface area contributed by atoms with Gasteiger partial charge in [0.05, 0.1) is 0 Å². The highest BCUT2D eigenvalue weighted by molar-refractivity contribution is 6.24. The van der Waals surface area contributed by atoms with Crippen LogP contribution in [0.2, 0.25) is 0 Å². The maximum absolute atomic E-state index is 13.7. The van der Waals surface area contributed by atoms with Gasteiger partial charge in [0.25, 0.3) is 0 Å². The van der Waals surface area contributed by atoms with E-state index in [-0.39, 0.29) is 23.4 Å². The Balaban J connectivity index is 1.80. The summed E-state index contributed by atoms with van der Waals surface area (Å²) in [7, 11) is 0. The van der Waals surface area contributed by atoms with E-state index in [1.165, 1.54) is 0 Å². The summed E-state index contributed by atoms with van der Waals surface area (Å²) in [5.41, 5.74) is 4.98. The van der Waals surface area contributed by atoms with E-state index < -0.39 is 0 Å². The van der Waals surface area contributed by atoms with Crippen LogP contribution < -0.4 is 0 Å². The molecule has 0 heterocycles. The summed E-state index contributed by atoms with van der Waals surface area (Å²) in [4.78, 5) is 27.4. The van der Waals surface area contributed by atoms with E-state index in [0.717, 1.165) is 60.8 Å². The van der Waals surface area contributed by atoms with E-state index in [9.17, 15) is 9.59 Å². The number of ketones is 2. The average molecular weight is 455 g/mol. The fraction of sp³-hybridized carbons (Fsp3) is 0.438. The molecular weight excluding hydrogens is 416 g/mol. The van der Waals surface area contributed by atoms with E-state index in [2.05, 4.69) is 52.0 Å².